The van der Waals surface area contributed by atoms with Crippen molar-refractivity contribution >= 4 is 20.2 Å². The van der Waals surface area contributed by atoms with Gasteiger partial charge in [-0.25, -0.2) is 0 Å². The van der Waals surface area contributed by atoms with E-state index in [0.29, 0.717) is 15.2 Å². The molecule has 0 aliphatic heterocycles. The Morgan fingerprint density at radius 3 is 2.27 bits per heavy atom. The molecule has 1 atom stereocenters. The number of rotatable bonds is 9. The van der Waals surface area contributed by atoms with Gasteiger partial charge in [-0.2, -0.15) is 0 Å². The van der Waals surface area contributed by atoms with E-state index in [4.69, 9.17) is 4.74 Å². The fourth-order valence-electron chi connectivity index (χ4n) is 4.08. The number of hydrogen-bond donors (Lipinski definition) is 0. The first-order chi connectivity index (χ1) is 14.5. The van der Waals surface area contributed by atoms with Gasteiger partial charge in [0, 0.05) is 16.3 Å². The van der Waals surface area contributed by atoms with Crippen molar-refractivity contribution in [3.8, 4) is 5.75 Å². The Kier molecular flexibility index (Phi) is 7.45. The molecule has 0 spiro atoms. The summed E-state index contributed by atoms with van der Waals surface area (Å²) in [4.78, 5) is 11.6. The highest BCUT2D eigenvalue weighted by Gasteiger charge is 2.33. The van der Waals surface area contributed by atoms with Gasteiger partial charge in [-0.15, -0.1) is 0 Å². The summed E-state index contributed by atoms with van der Waals surface area (Å²) in [6.07, 6.45) is 2.95. The van der Waals surface area contributed by atoms with Gasteiger partial charge in [-0.05, 0) is 43.1 Å². The number of carbonyl (C=O) groups excluding carboxylic acids is 1. The fourth-order valence-corrected chi connectivity index (χ4v) is 5.73. The molecule has 3 rings (SSSR count). The summed E-state index contributed by atoms with van der Waals surface area (Å²) in [5, 5.41) is 1.06. The maximum Gasteiger partial charge on any atom is 0.150 e. The van der Waals surface area contributed by atoms with Gasteiger partial charge in [-0.3, -0.25) is 4.79 Å². The van der Waals surface area contributed by atoms with Crippen molar-refractivity contribution in [2.24, 2.45) is 0 Å². The molecule has 156 valence electrons. The minimum Gasteiger partial charge on any atom is -0.488 e. The molecule has 0 amide bonds. The van der Waals surface area contributed by atoms with Crippen LogP contribution >= 0.6 is 8.58 Å². The maximum atomic E-state index is 11.6. The van der Waals surface area contributed by atoms with Gasteiger partial charge >= 0.3 is 0 Å². The van der Waals surface area contributed by atoms with Crippen molar-refractivity contribution in [3.05, 3.63) is 94.5 Å². The topological polar surface area (TPSA) is 26.3 Å². The first kappa shape index (κ1) is 22.2. The Bertz CT molecular complexity index is 991. The van der Waals surface area contributed by atoms with Crippen LogP contribution in [0, 0.1) is 13.8 Å². The van der Waals surface area contributed by atoms with E-state index in [1.807, 2.05) is 36.4 Å². The van der Waals surface area contributed by atoms with Crippen LogP contribution in [0.25, 0.3) is 0 Å². The molecule has 2 nitrogen and oxygen atoms in total. The zero-order chi connectivity index (χ0) is 21.6. The SMILES string of the molecule is CCC(CC)(Pc1ccccc1C=O)c1cc(C)cc(C)c1OCc1ccccc1. The predicted molar refractivity (Wildman–Crippen MR) is 129 cm³/mol. The summed E-state index contributed by atoms with van der Waals surface area (Å²) in [6, 6.07) is 22.8. The molecule has 0 aromatic heterocycles. The third-order valence-corrected chi connectivity index (χ3v) is 8.01. The largest absolute Gasteiger partial charge is 0.488 e. The lowest BCUT2D eigenvalue weighted by molar-refractivity contribution is 0.112. The fraction of sp³-hybridized carbons (Fsp3) is 0.296. The van der Waals surface area contributed by atoms with Gasteiger partial charge in [0.25, 0.3) is 0 Å². The summed E-state index contributed by atoms with van der Waals surface area (Å²) in [7, 11) is 0.498. The standard InChI is InChI=1S/C27H31O2P/c1-5-27(6-2,30-25-15-11-10-14-23(25)18-28)24-17-20(3)16-21(4)26(24)29-19-22-12-8-7-9-13-22/h7-18,30H,5-6,19H2,1-4H3. The number of aryl methyl sites for hydroxylation is 2. The smallest absolute Gasteiger partial charge is 0.150 e. The second kappa shape index (κ2) is 10.0. The molecule has 0 bridgehead atoms. The molecule has 0 heterocycles. The van der Waals surface area contributed by atoms with Crippen LogP contribution in [-0.4, -0.2) is 6.29 Å². The average Bonchev–Trinajstić information content (AvgIpc) is 2.77. The minimum atomic E-state index is -0.0675. The molecule has 3 aromatic carbocycles. The zero-order valence-electron chi connectivity index (χ0n) is 18.4. The number of hydrogen-bond acceptors (Lipinski definition) is 2. The van der Waals surface area contributed by atoms with Crippen molar-refractivity contribution in [1.29, 1.82) is 0 Å². The lowest BCUT2D eigenvalue weighted by Gasteiger charge is -2.35. The van der Waals surface area contributed by atoms with Crippen molar-refractivity contribution in [2.75, 3.05) is 0 Å². The van der Waals surface area contributed by atoms with E-state index in [-0.39, 0.29) is 5.16 Å². The molecule has 1 unspecified atom stereocenters. The number of benzene rings is 3. The third kappa shape index (κ3) is 4.82. The number of aldehydes is 1. The maximum absolute atomic E-state index is 11.6. The predicted octanol–water partition coefficient (Wildman–Crippen LogP) is 6.71. The van der Waals surface area contributed by atoms with Crippen LogP contribution in [-0.2, 0) is 11.8 Å². The highest BCUT2D eigenvalue weighted by Crippen LogP contribution is 2.51. The van der Waals surface area contributed by atoms with Crippen molar-refractivity contribution in [2.45, 2.75) is 52.3 Å². The molecule has 30 heavy (non-hydrogen) atoms. The van der Waals surface area contributed by atoms with E-state index in [1.165, 1.54) is 16.7 Å². The summed E-state index contributed by atoms with van der Waals surface area (Å²) < 4.78 is 6.45. The molecule has 3 aromatic rings. The third-order valence-electron chi connectivity index (χ3n) is 5.83. The highest BCUT2D eigenvalue weighted by molar-refractivity contribution is 7.48. The molecule has 0 radical (unpaired) electrons. The molecule has 0 N–H and O–H groups in total. The molecular weight excluding hydrogens is 387 g/mol. The summed E-state index contributed by atoms with van der Waals surface area (Å²) in [6.45, 7) is 9.33. The molecule has 3 heteroatoms. The lowest BCUT2D eigenvalue weighted by atomic mass is 9.89. The van der Waals surface area contributed by atoms with E-state index < -0.39 is 0 Å². The first-order valence-electron chi connectivity index (χ1n) is 10.6. The van der Waals surface area contributed by atoms with Gasteiger partial charge in [0.15, 0.2) is 6.29 Å². The van der Waals surface area contributed by atoms with E-state index >= 15 is 0 Å². The van der Waals surface area contributed by atoms with Crippen molar-refractivity contribution in [3.63, 3.8) is 0 Å². The van der Waals surface area contributed by atoms with E-state index in [1.54, 1.807) is 0 Å². The minimum absolute atomic E-state index is 0.0675. The monoisotopic (exact) mass is 418 g/mol. The summed E-state index contributed by atoms with van der Waals surface area (Å²) in [5.74, 6) is 0.990. The van der Waals surface area contributed by atoms with Gasteiger partial charge in [-0.1, -0.05) is 94.7 Å². The van der Waals surface area contributed by atoms with Gasteiger partial charge in [0.2, 0.25) is 0 Å². The quantitative estimate of drug-likeness (QED) is 0.285. The summed E-state index contributed by atoms with van der Waals surface area (Å²) >= 11 is 0. The normalized spacial score (nSPS) is 11.7. The van der Waals surface area contributed by atoms with Gasteiger partial charge < -0.3 is 4.74 Å². The van der Waals surface area contributed by atoms with Crippen LogP contribution in [0.1, 0.15) is 59.3 Å². The van der Waals surface area contributed by atoms with Gasteiger partial charge in [0.1, 0.15) is 12.4 Å². The van der Waals surface area contributed by atoms with Crippen LogP contribution in [0.3, 0.4) is 0 Å². The Balaban J connectivity index is 2.05. The highest BCUT2D eigenvalue weighted by atomic mass is 31.1. The van der Waals surface area contributed by atoms with Crippen LogP contribution in [0.15, 0.2) is 66.7 Å². The second-order valence-corrected chi connectivity index (χ2v) is 9.60. The number of ether oxygens (including phenoxy) is 1. The van der Waals surface area contributed by atoms with Crippen LogP contribution < -0.4 is 10.0 Å². The first-order valence-corrected chi connectivity index (χ1v) is 11.6. The molecule has 0 fully saturated rings. The van der Waals surface area contributed by atoms with Gasteiger partial charge in [0.05, 0.1) is 0 Å². The second-order valence-electron chi connectivity index (χ2n) is 7.85. The molecule has 0 saturated carbocycles. The lowest BCUT2D eigenvalue weighted by Crippen LogP contribution is -2.24. The molecule has 0 aliphatic rings. The summed E-state index contributed by atoms with van der Waals surface area (Å²) in [5.41, 5.74) is 5.63. The van der Waals surface area contributed by atoms with Crippen molar-refractivity contribution in [1.82, 2.24) is 0 Å². The molecule has 0 aliphatic carbocycles. The van der Waals surface area contributed by atoms with Crippen LogP contribution in [0.2, 0.25) is 0 Å². The molecule has 0 saturated heterocycles. The Labute approximate surface area is 182 Å². The number of carbonyl (C=O) groups is 1. The zero-order valence-corrected chi connectivity index (χ0v) is 19.4. The van der Waals surface area contributed by atoms with Crippen LogP contribution in [0.4, 0.5) is 0 Å². The van der Waals surface area contributed by atoms with E-state index in [0.717, 1.165) is 41.3 Å². The Morgan fingerprint density at radius 1 is 0.933 bits per heavy atom. The van der Waals surface area contributed by atoms with E-state index in [2.05, 4.69) is 58.0 Å². The molecular formula is C27H31O2P. The van der Waals surface area contributed by atoms with Crippen molar-refractivity contribution < 1.29 is 9.53 Å². The van der Waals surface area contributed by atoms with E-state index in [9.17, 15) is 4.79 Å². The van der Waals surface area contributed by atoms with Crippen LogP contribution in [0.5, 0.6) is 5.75 Å². The Morgan fingerprint density at radius 2 is 1.60 bits per heavy atom. The Hall–Kier alpha value is -2.44. The average molecular weight is 419 g/mol.